The van der Waals surface area contributed by atoms with Gasteiger partial charge in [0, 0.05) is 12.1 Å². The fraction of sp³-hybridized carbons (Fsp3) is 0.739. The molecule has 0 aliphatic heterocycles. The van der Waals surface area contributed by atoms with Crippen molar-refractivity contribution in [3.63, 3.8) is 0 Å². The predicted molar refractivity (Wildman–Crippen MR) is 223 cm³/mol. The Labute approximate surface area is 311 Å². The lowest BCUT2D eigenvalue weighted by Crippen LogP contribution is -2.34. The minimum Gasteiger partial charge on any atom is -0.330 e. The summed E-state index contributed by atoms with van der Waals surface area (Å²) in [7, 11) is 0. The molecule has 0 saturated heterocycles. The first kappa shape index (κ1) is 44.4. The van der Waals surface area contributed by atoms with E-state index in [0.29, 0.717) is 23.9 Å². The van der Waals surface area contributed by atoms with Crippen molar-refractivity contribution in [1.82, 2.24) is 10.6 Å². The van der Waals surface area contributed by atoms with Crippen molar-refractivity contribution in [2.24, 2.45) is 23.3 Å². The molecular weight excluding hydrogens is 609 g/mol. The van der Waals surface area contributed by atoms with Gasteiger partial charge in [-0.25, -0.2) is 0 Å². The van der Waals surface area contributed by atoms with Gasteiger partial charge < -0.3 is 22.1 Å². The van der Waals surface area contributed by atoms with Crippen LogP contribution in [0.25, 0.3) is 11.1 Å². The van der Waals surface area contributed by atoms with Crippen molar-refractivity contribution in [3.8, 4) is 11.1 Å². The van der Waals surface area contributed by atoms with Crippen LogP contribution in [0.3, 0.4) is 0 Å². The minimum absolute atomic E-state index is 0.531. The minimum atomic E-state index is 0.531. The van der Waals surface area contributed by atoms with Crippen molar-refractivity contribution in [3.05, 3.63) is 59.7 Å². The molecule has 0 heterocycles. The van der Waals surface area contributed by atoms with Crippen LogP contribution in [0, 0.1) is 11.8 Å². The highest BCUT2D eigenvalue weighted by Gasteiger charge is 2.15. The molecule has 0 aromatic heterocycles. The Bertz CT molecular complexity index is 975. The van der Waals surface area contributed by atoms with Crippen molar-refractivity contribution in [2.75, 3.05) is 26.2 Å². The Morgan fingerprint density at radius 3 is 1.16 bits per heavy atom. The third-order valence-electron chi connectivity index (χ3n) is 10.3. The fourth-order valence-corrected chi connectivity index (χ4v) is 7.27. The van der Waals surface area contributed by atoms with Crippen LogP contribution in [-0.4, -0.2) is 38.3 Å². The molecule has 0 aliphatic rings. The van der Waals surface area contributed by atoms with Gasteiger partial charge >= 0.3 is 0 Å². The molecule has 50 heavy (non-hydrogen) atoms. The van der Waals surface area contributed by atoms with Gasteiger partial charge in [0.05, 0.1) is 0 Å². The average molecular weight is 691 g/mol. The zero-order valence-corrected chi connectivity index (χ0v) is 33.5. The van der Waals surface area contributed by atoms with E-state index < -0.39 is 0 Å². The number of unbranched alkanes of at least 4 members (excludes halogenated alkanes) is 16. The summed E-state index contributed by atoms with van der Waals surface area (Å²) in [5.74, 6) is 1.33. The molecule has 2 aromatic carbocycles. The standard InChI is InChI=1S/C46H82N4/c1-39(2)37-49-45(28-22-15-11-7-5-9-13-17-24-30-47)35-41-32-42(34-44(33-41)43-26-20-19-21-27-43)36-46(50-38-40(3)4)29-23-16-12-8-6-10-14-18-25-31-48/h19-21,26-27,32-34,39-40,45-46,49-50H,5-18,22-25,28-31,35-38,47-48H2,1-4H3. The molecule has 6 N–H and O–H groups in total. The zero-order chi connectivity index (χ0) is 36.1. The van der Waals surface area contributed by atoms with Gasteiger partial charge in [0.25, 0.3) is 0 Å². The van der Waals surface area contributed by atoms with E-state index in [-0.39, 0.29) is 0 Å². The molecular formula is C46H82N4. The summed E-state index contributed by atoms with van der Waals surface area (Å²) in [6.07, 6.45) is 28.9. The first-order chi connectivity index (χ1) is 24.4. The van der Waals surface area contributed by atoms with Gasteiger partial charge in [-0.15, -0.1) is 0 Å². The van der Waals surface area contributed by atoms with Crippen LogP contribution in [0.1, 0.15) is 167 Å². The molecule has 0 saturated carbocycles. The Morgan fingerprint density at radius 2 is 0.800 bits per heavy atom. The Balaban J connectivity index is 2.04. The summed E-state index contributed by atoms with van der Waals surface area (Å²) >= 11 is 0. The van der Waals surface area contributed by atoms with Crippen LogP contribution in [0.4, 0.5) is 0 Å². The second kappa shape index (κ2) is 29.8. The Morgan fingerprint density at radius 1 is 0.440 bits per heavy atom. The molecule has 2 aromatic rings. The van der Waals surface area contributed by atoms with Gasteiger partial charge in [-0.3, -0.25) is 0 Å². The number of nitrogens with one attached hydrogen (secondary N) is 2. The number of hydrogen-bond acceptors (Lipinski definition) is 4. The van der Waals surface area contributed by atoms with Gasteiger partial charge in [-0.05, 0) is 98.8 Å². The van der Waals surface area contributed by atoms with Crippen LogP contribution in [0.5, 0.6) is 0 Å². The summed E-state index contributed by atoms with van der Waals surface area (Å²) in [6, 6.07) is 19.6. The van der Waals surface area contributed by atoms with Crippen LogP contribution in [-0.2, 0) is 12.8 Å². The molecule has 0 fully saturated rings. The average Bonchev–Trinajstić information content (AvgIpc) is 3.11. The highest BCUT2D eigenvalue weighted by atomic mass is 14.9. The number of benzene rings is 2. The van der Waals surface area contributed by atoms with Crippen molar-refractivity contribution in [2.45, 2.75) is 181 Å². The maximum atomic E-state index is 5.65. The van der Waals surface area contributed by atoms with Crippen LogP contribution >= 0.6 is 0 Å². The normalized spacial score (nSPS) is 13.0. The van der Waals surface area contributed by atoms with Crippen molar-refractivity contribution >= 4 is 0 Å². The summed E-state index contributed by atoms with van der Waals surface area (Å²) in [6.45, 7) is 13.2. The van der Waals surface area contributed by atoms with E-state index in [1.807, 2.05) is 0 Å². The first-order valence-corrected chi connectivity index (χ1v) is 21.5. The van der Waals surface area contributed by atoms with Crippen molar-refractivity contribution in [1.29, 1.82) is 0 Å². The lowest BCUT2D eigenvalue weighted by molar-refractivity contribution is 0.417. The molecule has 2 atom stereocenters. The lowest BCUT2D eigenvalue weighted by atomic mass is 9.91. The van der Waals surface area contributed by atoms with Gasteiger partial charge in [0.2, 0.25) is 0 Å². The van der Waals surface area contributed by atoms with Gasteiger partial charge in [-0.1, -0.05) is 179 Å². The second-order valence-electron chi connectivity index (χ2n) is 16.3. The maximum absolute atomic E-state index is 5.65. The Kier molecular flexibility index (Phi) is 26.5. The largest absolute Gasteiger partial charge is 0.330 e. The van der Waals surface area contributed by atoms with Gasteiger partial charge in [-0.2, -0.15) is 0 Å². The zero-order valence-electron chi connectivity index (χ0n) is 33.5. The van der Waals surface area contributed by atoms with E-state index in [2.05, 4.69) is 86.9 Å². The Hall–Kier alpha value is -1.72. The van der Waals surface area contributed by atoms with Crippen LogP contribution in [0.2, 0.25) is 0 Å². The predicted octanol–water partition coefficient (Wildman–Crippen LogP) is 11.4. The monoisotopic (exact) mass is 691 g/mol. The molecule has 0 aliphatic carbocycles. The smallest absolute Gasteiger partial charge is 0.0108 e. The number of hydrogen-bond donors (Lipinski definition) is 4. The highest BCUT2D eigenvalue weighted by molar-refractivity contribution is 5.65. The molecule has 2 unspecified atom stereocenters. The molecule has 0 bridgehead atoms. The SMILES string of the molecule is CC(C)CNC(CCCCCCCCCCCN)Cc1cc(CC(CCCCCCCCCCCN)NCC(C)C)cc(-c2ccccc2)c1. The summed E-state index contributed by atoms with van der Waals surface area (Å²) in [5, 5.41) is 7.97. The molecule has 0 spiro atoms. The van der Waals surface area contributed by atoms with Crippen molar-refractivity contribution < 1.29 is 0 Å². The number of rotatable bonds is 33. The molecule has 4 heteroatoms. The van der Waals surface area contributed by atoms with E-state index in [1.54, 1.807) is 0 Å². The molecule has 4 nitrogen and oxygen atoms in total. The van der Waals surface area contributed by atoms with E-state index >= 15 is 0 Å². The highest BCUT2D eigenvalue weighted by Crippen LogP contribution is 2.26. The molecule has 0 amide bonds. The van der Waals surface area contributed by atoms with E-state index in [0.717, 1.165) is 39.0 Å². The summed E-state index contributed by atoms with van der Waals surface area (Å²) in [5.41, 5.74) is 17.0. The fourth-order valence-electron chi connectivity index (χ4n) is 7.27. The van der Waals surface area contributed by atoms with Crippen LogP contribution < -0.4 is 22.1 Å². The molecule has 0 radical (unpaired) electrons. The second-order valence-corrected chi connectivity index (χ2v) is 16.3. The van der Waals surface area contributed by atoms with Gasteiger partial charge in [0.15, 0.2) is 0 Å². The maximum Gasteiger partial charge on any atom is 0.0108 e. The topological polar surface area (TPSA) is 76.1 Å². The number of nitrogens with two attached hydrogens (primary N) is 2. The summed E-state index contributed by atoms with van der Waals surface area (Å²) < 4.78 is 0. The van der Waals surface area contributed by atoms with E-state index in [9.17, 15) is 0 Å². The van der Waals surface area contributed by atoms with Crippen LogP contribution in [0.15, 0.2) is 48.5 Å². The third-order valence-corrected chi connectivity index (χ3v) is 10.3. The van der Waals surface area contributed by atoms with E-state index in [1.165, 1.54) is 151 Å². The molecule has 286 valence electrons. The summed E-state index contributed by atoms with van der Waals surface area (Å²) in [4.78, 5) is 0. The quantitative estimate of drug-likeness (QED) is 0.0562. The first-order valence-electron chi connectivity index (χ1n) is 21.5. The van der Waals surface area contributed by atoms with E-state index in [4.69, 9.17) is 11.5 Å². The molecule has 2 rings (SSSR count). The lowest BCUT2D eigenvalue weighted by Gasteiger charge is -2.23. The van der Waals surface area contributed by atoms with Gasteiger partial charge in [0.1, 0.15) is 0 Å². The third kappa shape index (κ3) is 23.0.